The van der Waals surface area contributed by atoms with Gasteiger partial charge in [0.05, 0.1) is 11.6 Å². The Morgan fingerprint density at radius 3 is 2.97 bits per heavy atom. The van der Waals surface area contributed by atoms with Crippen molar-refractivity contribution in [3.8, 4) is 11.1 Å². The Labute approximate surface area is 166 Å². The molecule has 2 N–H and O–H groups in total. The van der Waals surface area contributed by atoms with E-state index < -0.39 is 5.91 Å². The normalized spacial score (nSPS) is 13.3. The molecule has 3 aromatic rings. The lowest BCUT2D eigenvalue weighted by atomic mass is 9.91. The number of halogens is 1. The van der Waals surface area contributed by atoms with Crippen LogP contribution in [0.5, 0.6) is 0 Å². The molecule has 29 heavy (non-hydrogen) atoms. The van der Waals surface area contributed by atoms with Crippen molar-refractivity contribution in [3.05, 3.63) is 84.2 Å². The van der Waals surface area contributed by atoms with Crippen LogP contribution in [-0.2, 0) is 4.79 Å². The number of carbonyl (C=O) groups excluding carboxylic acids is 1. The van der Waals surface area contributed by atoms with E-state index in [-0.39, 0.29) is 5.82 Å². The number of rotatable bonds is 4. The van der Waals surface area contributed by atoms with Crippen LogP contribution in [0.1, 0.15) is 18.4 Å². The zero-order valence-electron chi connectivity index (χ0n) is 15.4. The lowest BCUT2D eigenvalue weighted by molar-refractivity contribution is -0.115. The molecule has 0 aliphatic heterocycles. The molecule has 1 heterocycles. The molecule has 1 aliphatic carbocycles. The molecule has 6 heteroatoms. The van der Waals surface area contributed by atoms with E-state index in [9.17, 15) is 9.18 Å². The van der Waals surface area contributed by atoms with E-state index in [1.54, 1.807) is 12.3 Å². The van der Waals surface area contributed by atoms with Crippen LogP contribution in [0.3, 0.4) is 0 Å². The van der Waals surface area contributed by atoms with Gasteiger partial charge in [0.2, 0.25) is 0 Å². The van der Waals surface area contributed by atoms with Crippen molar-refractivity contribution < 1.29 is 9.18 Å². The molecule has 0 bridgehead atoms. The molecule has 2 aromatic carbocycles. The topological polar surface area (TPSA) is 78.7 Å². The van der Waals surface area contributed by atoms with Crippen LogP contribution in [-0.4, -0.2) is 21.7 Å². The van der Waals surface area contributed by atoms with Crippen LogP contribution in [0.4, 0.5) is 4.39 Å². The highest BCUT2D eigenvalue weighted by atomic mass is 19.1. The van der Waals surface area contributed by atoms with Crippen LogP contribution >= 0.6 is 0 Å². The van der Waals surface area contributed by atoms with Gasteiger partial charge < -0.3 is 5.32 Å². The summed E-state index contributed by atoms with van der Waals surface area (Å²) in [4.78, 5) is 20.3. The van der Waals surface area contributed by atoms with Crippen molar-refractivity contribution >= 4 is 28.3 Å². The van der Waals surface area contributed by atoms with E-state index in [4.69, 9.17) is 5.41 Å². The first-order valence-electron chi connectivity index (χ1n) is 9.11. The Morgan fingerprint density at radius 2 is 2.14 bits per heavy atom. The maximum absolute atomic E-state index is 13.8. The standard InChI is InChI=1S/C23H17FN4O/c24-19-5-1-3-15(10-19)17-9-18-13-26-14-27-23(18)21(12-17)16-4-2-6-20(11-16)28-22(29)7-8-25/h1,3,5-7,9-14,25H,2,4H2,(H,28,29). The van der Waals surface area contributed by atoms with Crippen LogP contribution < -0.4 is 5.32 Å². The monoisotopic (exact) mass is 384 g/mol. The minimum Gasteiger partial charge on any atom is -0.322 e. The SMILES string of the molecule is N=C=CC(=O)NC1=CCCC(c2cc(-c3cccc(F)c3)cc3cncnc23)=C1. The summed E-state index contributed by atoms with van der Waals surface area (Å²) in [6, 6.07) is 10.4. The summed E-state index contributed by atoms with van der Waals surface area (Å²) < 4.78 is 13.8. The molecule has 142 valence electrons. The Hall–Kier alpha value is -3.89. The van der Waals surface area contributed by atoms with Crippen LogP contribution in [0.15, 0.2) is 72.8 Å². The van der Waals surface area contributed by atoms with Gasteiger partial charge in [0.15, 0.2) is 0 Å². The minimum atomic E-state index is -0.399. The molecule has 1 amide bonds. The summed E-state index contributed by atoms with van der Waals surface area (Å²) in [5.41, 5.74) is 5.05. The third-order valence-electron chi connectivity index (χ3n) is 4.69. The highest BCUT2D eigenvalue weighted by Crippen LogP contribution is 2.34. The number of benzene rings is 2. The highest BCUT2D eigenvalue weighted by molar-refractivity contribution is 5.97. The molecule has 0 saturated carbocycles. The highest BCUT2D eigenvalue weighted by Gasteiger charge is 2.15. The van der Waals surface area contributed by atoms with Crippen molar-refractivity contribution in [1.82, 2.24) is 15.3 Å². The molecule has 0 atom stereocenters. The van der Waals surface area contributed by atoms with Gasteiger partial charge in [-0.25, -0.2) is 14.4 Å². The van der Waals surface area contributed by atoms with Crippen molar-refractivity contribution in [2.75, 3.05) is 0 Å². The fourth-order valence-electron chi connectivity index (χ4n) is 3.43. The Balaban J connectivity index is 1.82. The number of carbonyl (C=O) groups is 1. The maximum atomic E-state index is 13.8. The number of hydrogen-bond acceptors (Lipinski definition) is 4. The largest absolute Gasteiger partial charge is 0.322 e. The number of hydrogen-bond donors (Lipinski definition) is 2. The first-order chi connectivity index (χ1) is 14.1. The average Bonchev–Trinajstić information content (AvgIpc) is 2.73. The molecule has 0 unspecified atom stereocenters. The fraction of sp³-hybridized carbons (Fsp3) is 0.0870. The first-order valence-corrected chi connectivity index (χ1v) is 9.11. The number of fused-ring (bicyclic) bond motifs is 1. The molecule has 1 aromatic heterocycles. The summed E-state index contributed by atoms with van der Waals surface area (Å²) >= 11 is 0. The third-order valence-corrected chi connectivity index (χ3v) is 4.69. The van der Waals surface area contributed by atoms with E-state index in [1.807, 2.05) is 36.2 Å². The number of nitrogens with zero attached hydrogens (tertiary/aromatic N) is 2. The van der Waals surface area contributed by atoms with Gasteiger partial charge in [-0.2, -0.15) is 0 Å². The second-order valence-electron chi connectivity index (χ2n) is 6.64. The molecule has 4 rings (SSSR count). The predicted molar refractivity (Wildman–Crippen MR) is 111 cm³/mol. The van der Waals surface area contributed by atoms with Gasteiger partial charge in [0.25, 0.3) is 5.91 Å². The quantitative estimate of drug-likeness (QED) is 0.516. The van der Waals surface area contributed by atoms with Crippen molar-refractivity contribution in [3.63, 3.8) is 0 Å². The molecule has 0 spiro atoms. The number of nitrogens with one attached hydrogen (secondary N) is 2. The Morgan fingerprint density at radius 1 is 1.24 bits per heavy atom. The number of aromatic nitrogens is 2. The maximum Gasteiger partial charge on any atom is 0.257 e. The zero-order chi connectivity index (χ0) is 20.2. The molecule has 1 aliphatic rings. The van der Waals surface area contributed by atoms with Crippen LogP contribution in [0, 0.1) is 11.2 Å². The molecule has 0 fully saturated rings. The van der Waals surface area contributed by atoms with Gasteiger partial charge >= 0.3 is 0 Å². The second-order valence-corrected chi connectivity index (χ2v) is 6.64. The van der Waals surface area contributed by atoms with Crippen molar-refractivity contribution in [1.29, 1.82) is 5.41 Å². The van der Waals surface area contributed by atoms with Gasteiger partial charge in [-0.1, -0.05) is 18.2 Å². The molecule has 5 nitrogen and oxygen atoms in total. The minimum absolute atomic E-state index is 0.294. The molecular formula is C23H17FN4O. The van der Waals surface area contributed by atoms with Gasteiger partial charge in [-0.3, -0.25) is 10.2 Å². The fourth-order valence-corrected chi connectivity index (χ4v) is 3.43. The number of amides is 1. The Bertz CT molecular complexity index is 1220. The van der Waals surface area contributed by atoms with Gasteiger partial charge in [-0.05, 0) is 65.8 Å². The van der Waals surface area contributed by atoms with E-state index in [0.29, 0.717) is 5.70 Å². The van der Waals surface area contributed by atoms with E-state index in [0.717, 1.165) is 52.1 Å². The van der Waals surface area contributed by atoms with E-state index >= 15 is 0 Å². The van der Waals surface area contributed by atoms with Crippen LogP contribution in [0.2, 0.25) is 0 Å². The van der Waals surface area contributed by atoms with E-state index in [2.05, 4.69) is 15.3 Å². The van der Waals surface area contributed by atoms with Gasteiger partial charge in [-0.15, -0.1) is 0 Å². The van der Waals surface area contributed by atoms with Crippen LogP contribution in [0.25, 0.3) is 27.6 Å². The third kappa shape index (κ3) is 4.03. The van der Waals surface area contributed by atoms with Gasteiger partial charge in [0, 0.05) is 22.8 Å². The lowest BCUT2D eigenvalue weighted by Gasteiger charge is -2.17. The summed E-state index contributed by atoms with van der Waals surface area (Å²) in [6.45, 7) is 0. The summed E-state index contributed by atoms with van der Waals surface area (Å²) in [5.74, 6) is 1.28. The molecular weight excluding hydrogens is 367 g/mol. The summed E-state index contributed by atoms with van der Waals surface area (Å²) in [7, 11) is 0. The zero-order valence-corrected chi connectivity index (χ0v) is 15.4. The first kappa shape index (κ1) is 18.5. The van der Waals surface area contributed by atoms with Crippen molar-refractivity contribution in [2.24, 2.45) is 0 Å². The van der Waals surface area contributed by atoms with Gasteiger partial charge in [0.1, 0.15) is 12.1 Å². The number of allylic oxidation sites excluding steroid dienone is 3. The van der Waals surface area contributed by atoms with E-state index in [1.165, 1.54) is 18.5 Å². The molecule has 0 radical (unpaired) electrons. The summed E-state index contributed by atoms with van der Waals surface area (Å²) in [6.07, 6.45) is 9.67. The average molecular weight is 384 g/mol. The smallest absolute Gasteiger partial charge is 0.257 e. The Kier molecular flexibility index (Phi) is 5.10. The lowest BCUT2D eigenvalue weighted by Crippen LogP contribution is -2.20. The summed E-state index contributed by atoms with van der Waals surface area (Å²) in [5, 5.41) is 10.5. The predicted octanol–water partition coefficient (Wildman–Crippen LogP) is 4.42. The van der Waals surface area contributed by atoms with Crippen molar-refractivity contribution in [2.45, 2.75) is 12.8 Å². The second kappa shape index (κ2) is 8.00. The molecule has 0 saturated heterocycles.